The first-order chi connectivity index (χ1) is 17.3. The molecule has 36 heavy (non-hydrogen) atoms. The van der Waals surface area contributed by atoms with Crippen LogP contribution in [0, 0.1) is 17.4 Å². The molecule has 8 heteroatoms. The van der Waals surface area contributed by atoms with Gasteiger partial charge in [0.15, 0.2) is 0 Å². The summed E-state index contributed by atoms with van der Waals surface area (Å²) in [6, 6.07) is 17.1. The fourth-order valence-corrected chi connectivity index (χ4v) is 5.21. The van der Waals surface area contributed by atoms with Crippen molar-refractivity contribution in [3.05, 3.63) is 91.2 Å². The highest BCUT2D eigenvalue weighted by Gasteiger charge is 2.35. The van der Waals surface area contributed by atoms with Crippen molar-refractivity contribution in [2.45, 2.75) is 40.2 Å². The van der Waals surface area contributed by atoms with E-state index in [2.05, 4.69) is 34.1 Å². The number of amides is 2. The topological polar surface area (TPSA) is 68.6 Å². The molecule has 0 atom stereocenters. The number of hydrogen-bond donors (Lipinski definition) is 0. The molecule has 3 aromatic rings. The van der Waals surface area contributed by atoms with Crippen molar-refractivity contribution in [1.82, 2.24) is 9.47 Å². The second-order valence-electron chi connectivity index (χ2n) is 8.59. The number of aromatic nitrogens is 1. The quantitative estimate of drug-likeness (QED) is 0.120. The van der Waals surface area contributed by atoms with E-state index in [0.717, 1.165) is 56.4 Å². The van der Waals surface area contributed by atoms with Crippen molar-refractivity contribution in [3.63, 3.8) is 0 Å². The van der Waals surface area contributed by atoms with Crippen LogP contribution in [0.25, 0.3) is 11.8 Å². The molecule has 0 saturated carbocycles. The van der Waals surface area contributed by atoms with E-state index in [0.29, 0.717) is 17.1 Å². The Morgan fingerprint density at radius 2 is 1.75 bits per heavy atom. The van der Waals surface area contributed by atoms with E-state index in [9.17, 15) is 14.4 Å². The molecule has 186 valence electrons. The maximum Gasteiger partial charge on any atom is 0.338 e. The van der Waals surface area contributed by atoms with Gasteiger partial charge in [0, 0.05) is 20.6 Å². The molecule has 1 aliphatic heterocycles. The third kappa shape index (κ3) is 5.75. The smallest absolute Gasteiger partial charge is 0.338 e. The first-order valence-electron chi connectivity index (χ1n) is 11.7. The monoisotopic (exact) mass is 614 g/mol. The Bertz CT molecular complexity index is 1330. The van der Waals surface area contributed by atoms with Crippen molar-refractivity contribution < 1.29 is 19.1 Å². The van der Waals surface area contributed by atoms with Crippen LogP contribution in [0.4, 0.5) is 4.79 Å². The summed E-state index contributed by atoms with van der Waals surface area (Å²) in [5.41, 5.74) is 5.12. The molecule has 2 aromatic carbocycles. The van der Waals surface area contributed by atoms with Crippen LogP contribution in [0.3, 0.4) is 0 Å². The normalized spacial score (nSPS) is 14.7. The molecule has 0 N–H and O–H groups in total. The summed E-state index contributed by atoms with van der Waals surface area (Å²) < 4.78 is 8.45. The molecule has 2 amide bonds. The summed E-state index contributed by atoms with van der Waals surface area (Å²) in [6.07, 6.45) is 3.61. The zero-order valence-corrected chi connectivity index (χ0v) is 23.4. The van der Waals surface area contributed by atoms with Crippen LogP contribution in [0.15, 0.2) is 59.5 Å². The van der Waals surface area contributed by atoms with Crippen LogP contribution < -0.4 is 0 Å². The van der Waals surface area contributed by atoms with Gasteiger partial charge in [-0.15, -0.1) is 0 Å². The second-order valence-corrected chi connectivity index (χ2v) is 10.8. The highest BCUT2D eigenvalue weighted by molar-refractivity contribution is 14.1. The third-order valence-electron chi connectivity index (χ3n) is 5.98. The van der Waals surface area contributed by atoms with Gasteiger partial charge in [-0.1, -0.05) is 25.5 Å². The lowest BCUT2D eigenvalue weighted by molar-refractivity contribution is -0.123. The summed E-state index contributed by atoms with van der Waals surface area (Å²) in [5, 5.41) is -0.264. The van der Waals surface area contributed by atoms with E-state index >= 15 is 0 Å². The number of ether oxygens (including phenoxy) is 1. The molecular formula is C28H27IN2O4S. The zero-order valence-electron chi connectivity index (χ0n) is 20.4. The van der Waals surface area contributed by atoms with Crippen molar-refractivity contribution >= 4 is 57.5 Å². The molecule has 1 aromatic heterocycles. The number of esters is 1. The average molecular weight is 615 g/mol. The molecular weight excluding hydrogens is 587 g/mol. The van der Waals surface area contributed by atoms with Gasteiger partial charge in [0.2, 0.25) is 0 Å². The molecule has 0 aliphatic carbocycles. The Morgan fingerprint density at radius 3 is 2.42 bits per heavy atom. The minimum absolute atomic E-state index is 0.255. The van der Waals surface area contributed by atoms with Gasteiger partial charge >= 0.3 is 5.97 Å². The first kappa shape index (κ1) is 26.2. The maximum absolute atomic E-state index is 13.0. The summed E-state index contributed by atoms with van der Waals surface area (Å²) >= 11 is 3.19. The minimum Gasteiger partial charge on any atom is -0.462 e. The summed E-state index contributed by atoms with van der Waals surface area (Å²) in [4.78, 5) is 39.5. The van der Waals surface area contributed by atoms with Crippen LogP contribution >= 0.6 is 34.4 Å². The summed E-state index contributed by atoms with van der Waals surface area (Å²) in [6.45, 7) is 6.69. The van der Waals surface area contributed by atoms with Gasteiger partial charge in [-0.05, 0) is 114 Å². The minimum atomic E-state index is -0.322. The molecule has 0 radical (unpaired) electrons. The van der Waals surface area contributed by atoms with Crippen LogP contribution in [0.2, 0.25) is 0 Å². The lowest BCUT2D eigenvalue weighted by Crippen LogP contribution is -2.27. The Labute approximate surface area is 228 Å². The zero-order chi connectivity index (χ0) is 25.8. The predicted molar refractivity (Wildman–Crippen MR) is 151 cm³/mol. The lowest BCUT2D eigenvalue weighted by Gasteiger charge is -2.12. The van der Waals surface area contributed by atoms with Crippen LogP contribution in [0.5, 0.6) is 0 Å². The Kier molecular flexibility index (Phi) is 8.35. The fraction of sp³-hybridized carbons (Fsp3) is 0.250. The Hall–Kier alpha value is -2.85. The molecule has 1 aliphatic rings. The highest BCUT2D eigenvalue weighted by Crippen LogP contribution is 2.34. The third-order valence-corrected chi connectivity index (χ3v) is 7.60. The summed E-state index contributed by atoms with van der Waals surface area (Å²) in [7, 11) is 0. The fourth-order valence-electron chi connectivity index (χ4n) is 4.02. The highest BCUT2D eigenvalue weighted by atomic mass is 127. The van der Waals surface area contributed by atoms with E-state index < -0.39 is 0 Å². The number of aryl methyl sites for hydroxylation is 1. The van der Waals surface area contributed by atoms with Crippen molar-refractivity contribution in [3.8, 4) is 5.69 Å². The first-order valence-corrected chi connectivity index (χ1v) is 13.6. The molecule has 1 fully saturated rings. The van der Waals surface area contributed by atoms with E-state index in [1.54, 1.807) is 18.2 Å². The van der Waals surface area contributed by atoms with Crippen molar-refractivity contribution in [2.24, 2.45) is 0 Å². The molecule has 0 bridgehead atoms. The van der Waals surface area contributed by atoms with Crippen LogP contribution in [-0.2, 0) is 16.1 Å². The Morgan fingerprint density at radius 1 is 1.06 bits per heavy atom. The van der Waals surface area contributed by atoms with E-state index in [1.807, 2.05) is 56.3 Å². The standard InChI is InChI=1S/C28H27IN2O4S/c1-4-5-14-35-27(33)21-8-12-24(13-9-21)31-18(2)15-22(19(31)3)16-25-26(32)30(28(34)36-25)17-20-6-10-23(29)11-7-20/h6-13,15-16H,4-5,14,17H2,1-3H3/b25-16-. The van der Waals surface area contributed by atoms with Crippen molar-refractivity contribution in [1.29, 1.82) is 0 Å². The van der Waals surface area contributed by atoms with Crippen LogP contribution in [0.1, 0.15) is 52.6 Å². The number of imide groups is 1. The number of carbonyl (C=O) groups excluding carboxylic acids is 3. The number of hydrogen-bond acceptors (Lipinski definition) is 5. The second kappa shape index (κ2) is 11.5. The van der Waals surface area contributed by atoms with E-state index in [1.165, 1.54) is 4.90 Å². The predicted octanol–water partition coefficient (Wildman–Crippen LogP) is 6.89. The molecule has 4 rings (SSSR count). The van der Waals surface area contributed by atoms with Gasteiger partial charge in [-0.2, -0.15) is 0 Å². The SMILES string of the molecule is CCCCOC(=O)c1ccc(-n2c(C)cc(/C=C3\SC(=O)N(Cc4ccc(I)cc4)C3=O)c2C)cc1. The molecule has 0 unspecified atom stereocenters. The van der Waals surface area contributed by atoms with Crippen molar-refractivity contribution in [2.75, 3.05) is 6.61 Å². The van der Waals surface area contributed by atoms with Gasteiger partial charge in [-0.3, -0.25) is 14.5 Å². The largest absolute Gasteiger partial charge is 0.462 e. The number of halogens is 1. The maximum atomic E-state index is 13.0. The number of thioether (sulfide) groups is 1. The average Bonchev–Trinajstić information content (AvgIpc) is 3.29. The number of benzene rings is 2. The molecule has 0 spiro atoms. The number of nitrogens with zero attached hydrogens (tertiary/aromatic N) is 2. The Balaban J connectivity index is 1.53. The van der Waals surface area contributed by atoms with Gasteiger partial charge in [0.05, 0.1) is 23.6 Å². The van der Waals surface area contributed by atoms with Gasteiger partial charge < -0.3 is 9.30 Å². The lowest BCUT2D eigenvalue weighted by atomic mass is 10.2. The molecule has 6 nitrogen and oxygen atoms in total. The van der Waals surface area contributed by atoms with Gasteiger partial charge in [0.1, 0.15) is 0 Å². The van der Waals surface area contributed by atoms with Gasteiger partial charge in [0.25, 0.3) is 11.1 Å². The van der Waals surface area contributed by atoms with Crippen LogP contribution in [-0.4, -0.2) is 33.2 Å². The van der Waals surface area contributed by atoms with E-state index in [4.69, 9.17) is 4.74 Å². The number of carbonyl (C=O) groups is 3. The number of unbranched alkanes of at least 4 members (excludes halogenated alkanes) is 1. The number of rotatable bonds is 8. The molecule has 2 heterocycles. The summed E-state index contributed by atoms with van der Waals surface area (Å²) in [5.74, 6) is -0.600. The van der Waals surface area contributed by atoms with E-state index in [-0.39, 0.29) is 23.7 Å². The van der Waals surface area contributed by atoms with Gasteiger partial charge in [-0.25, -0.2) is 4.79 Å². The molecule has 1 saturated heterocycles.